The third kappa shape index (κ3) is 4.81. The molecule has 1 rings (SSSR count). The number of nitrogens with one attached hydrogen (secondary N) is 1. The predicted molar refractivity (Wildman–Crippen MR) is 83.3 cm³/mol. The van der Waals surface area contributed by atoms with Gasteiger partial charge in [0.1, 0.15) is 0 Å². The Labute approximate surface area is 130 Å². The zero-order chi connectivity index (χ0) is 16.8. The van der Waals surface area contributed by atoms with Crippen LogP contribution in [-0.4, -0.2) is 46.2 Å². The van der Waals surface area contributed by atoms with E-state index in [1.54, 1.807) is 24.3 Å². The maximum atomic E-state index is 11.8. The molecule has 0 aromatic heterocycles. The lowest BCUT2D eigenvalue weighted by Crippen LogP contribution is -2.38. The van der Waals surface area contributed by atoms with Crippen molar-refractivity contribution < 1.29 is 22.7 Å². The second-order valence-corrected chi connectivity index (χ2v) is 6.57. The van der Waals surface area contributed by atoms with Gasteiger partial charge in [-0.2, -0.15) is 0 Å². The van der Waals surface area contributed by atoms with E-state index in [2.05, 4.69) is 4.72 Å². The molecule has 0 unspecified atom stereocenters. The van der Waals surface area contributed by atoms with Gasteiger partial charge in [-0.15, -0.1) is 0 Å². The van der Waals surface area contributed by atoms with Gasteiger partial charge in [0, 0.05) is 20.0 Å². The van der Waals surface area contributed by atoms with E-state index < -0.39 is 16.0 Å². The molecule has 0 saturated carbocycles. The fraction of sp³-hybridized carbons (Fsp3) is 0.429. The molecular formula is C14H20N2O5S. The first kappa shape index (κ1) is 18.1. The second kappa shape index (κ2) is 7.90. The first-order chi connectivity index (χ1) is 10.3. The molecule has 1 aromatic rings. The minimum absolute atomic E-state index is 0.0359. The standard InChI is InChI=1S/C14H20N2O5S/c1-4-22(19,20)15-9-10-16(11(2)17)13-8-6-5-7-12(13)14(18)21-3/h5-8,15H,4,9-10H2,1-3H3. The molecule has 122 valence electrons. The molecule has 22 heavy (non-hydrogen) atoms. The summed E-state index contributed by atoms with van der Waals surface area (Å²) in [5, 5.41) is 0. The summed E-state index contributed by atoms with van der Waals surface area (Å²) in [6, 6.07) is 6.51. The van der Waals surface area contributed by atoms with Crippen molar-refractivity contribution in [3.63, 3.8) is 0 Å². The van der Waals surface area contributed by atoms with Crippen molar-refractivity contribution in [2.24, 2.45) is 0 Å². The van der Waals surface area contributed by atoms with Gasteiger partial charge in [0.2, 0.25) is 15.9 Å². The van der Waals surface area contributed by atoms with Crippen LogP contribution in [0.3, 0.4) is 0 Å². The molecule has 1 amide bonds. The van der Waals surface area contributed by atoms with Crippen LogP contribution in [0.2, 0.25) is 0 Å². The Kier molecular flexibility index (Phi) is 6.51. The Balaban J connectivity index is 2.98. The number of amides is 1. The second-order valence-electron chi connectivity index (χ2n) is 4.48. The molecule has 0 aliphatic heterocycles. The predicted octanol–water partition coefficient (Wildman–Crippen LogP) is 0.765. The van der Waals surface area contributed by atoms with Crippen LogP contribution in [0.25, 0.3) is 0 Å². The lowest BCUT2D eigenvalue weighted by molar-refractivity contribution is -0.116. The molecular weight excluding hydrogens is 308 g/mol. The number of carbonyl (C=O) groups excluding carboxylic acids is 2. The molecule has 1 aromatic carbocycles. The average molecular weight is 328 g/mol. The van der Waals surface area contributed by atoms with Crippen LogP contribution in [0.1, 0.15) is 24.2 Å². The van der Waals surface area contributed by atoms with Crippen LogP contribution in [0.4, 0.5) is 5.69 Å². The monoisotopic (exact) mass is 328 g/mol. The average Bonchev–Trinajstić information content (AvgIpc) is 2.50. The number of carbonyl (C=O) groups is 2. The molecule has 0 fully saturated rings. The topological polar surface area (TPSA) is 92.8 Å². The number of hydrogen-bond acceptors (Lipinski definition) is 5. The molecule has 0 spiro atoms. The zero-order valence-electron chi connectivity index (χ0n) is 12.8. The quantitative estimate of drug-likeness (QED) is 0.746. The van der Waals surface area contributed by atoms with Crippen molar-refractivity contribution in [2.75, 3.05) is 30.9 Å². The van der Waals surface area contributed by atoms with Gasteiger partial charge in [0.15, 0.2) is 0 Å². The third-order valence-corrected chi connectivity index (χ3v) is 4.42. The third-order valence-electron chi connectivity index (χ3n) is 3.02. The number of hydrogen-bond donors (Lipinski definition) is 1. The van der Waals surface area contributed by atoms with E-state index in [-0.39, 0.29) is 30.3 Å². The zero-order valence-corrected chi connectivity index (χ0v) is 13.6. The van der Waals surface area contributed by atoms with Crippen LogP contribution in [0, 0.1) is 0 Å². The Morgan fingerprint density at radius 3 is 2.45 bits per heavy atom. The highest BCUT2D eigenvalue weighted by atomic mass is 32.2. The smallest absolute Gasteiger partial charge is 0.339 e. The maximum absolute atomic E-state index is 11.8. The summed E-state index contributed by atoms with van der Waals surface area (Å²) in [5.41, 5.74) is 0.635. The van der Waals surface area contributed by atoms with Crippen LogP contribution in [0.15, 0.2) is 24.3 Å². The van der Waals surface area contributed by atoms with Crippen molar-refractivity contribution >= 4 is 27.6 Å². The van der Waals surface area contributed by atoms with Gasteiger partial charge in [-0.05, 0) is 19.1 Å². The van der Waals surface area contributed by atoms with Crippen molar-refractivity contribution in [3.05, 3.63) is 29.8 Å². The van der Waals surface area contributed by atoms with Gasteiger partial charge in [0.25, 0.3) is 0 Å². The fourth-order valence-electron chi connectivity index (χ4n) is 1.85. The molecule has 0 heterocycles. The molecule has 1 N–H and O–H groups in total. The van der Waals surface area contributed by atoms with Crippen LogP contribution >= 0.6 is 0 Å². The van der Waals surface area contributed by atoms with E-state index in [1.807, 2.05) is 0 Å². The molecule has 0 saturated heterocycles. The van der Waals surface area contributed by atoms with Gasteiger partial charge in [-0.1, -0.05) is 12.1 Å². The van der Waals surface area contributed by atoms with Crippen molar-refractivity contribution in [3.8, 4) is 0 Å². The van der Waals surface area contributed by atoms with E-state index >= 15 is 0 Å². The maximum Gasteiger partial charge on any atom is 0.339 e. The number of nitrogens with zero attached hydrogens (tertiary/aromatic N) is 1. The van der Waals surface area contributed by atoms with Crippen LogP contribution < -0.4 is 9.62 Å². The highest BCUT2D eigenvalue weighted by Gasteiger charge is 2.19. The van der Waals surface area contributed by atoms with Gasteiger partial charge in [0.05, 0.1) is 24.1 Å². The van der Waals surface area contributed by atoms with Gasteiger partial charge < -0.3 is 9.64 Å². The summed E-state index contributed by atoms with van der Waals surface area (Å²) in [7, 11) is -2.08. The van der Waals surface area contributed by atoms with E-state index in [9.17, 15) is 18.0 Å². The first-order valence-corrected chi connectivity index (χ1v) is 8.40. The number of methoxy groups -OCH3 is 1. The van der Waals surface area contributed by atoms with Crippen molar-refractivity contribution in [2.45, 2.75) is 13.8 Å². The minimum atomic E-state index is -3.33. The lowest BCUT2D eigenvalue weighted by atomic mass is 10.1. The molecule has 0 aliphatic carbocycles. The Hall–Kier alpha value is -1.93. The van der Waals surface area contributed by atoms with Gasteiger partial charge in [-0.3, -0.25) is 4.79 Å². The van der Waals surface area contributed by atoms with Gasteiger partial charge >= 0.3 is 5.97 Å². The number of esters is 1. The number of para-hydroxylation sites is 1. The van der Waals surface area contributed by atoms with Crippen LogP contribution in [0.5, 0.6) is 0 Å². The molecule has 0 aliphatic rings. The summed E-state index contributed by atoms with van der Waals surface area (Å²) in [5.74, 6) is -0.894. The summed E-state index contributed by atoms with van der Waals surface area (Å²) < 4.78 is 29.9. The lowest BCUT2D eigenvalue weighted by Gasteiger charge is -2.23. The summed E-state index contributed by atoms with van der Waals surface area (Å²) >= 11 is 0. The normalized spacial score (nSPS) is 11.0. The Morgan fingerprint density at radius 2 is 1.91 bits per heavy atom. The highest BCUT2D eigenvalue weighted by Crippen LogP contribution is 2.21. The number of benzene rings is 1. The first-order valence-electron chi connectivity index (χ1n) is 6.75. The molecule has 0 radical (unpaired) electrons. The molecule has 7 nitrogen and oxygen atoms in total. The minimum Gasteiger partial charge on any atom is -0.465 e. The molecule has 0 bridgehead atoms. The SMILES string of the molecule is CCS(=O)(=O)NCCN(C(C)=O)c1ccccc1C(=O)OC. The summed E-state index contributed by atoms with van der Waals surface area (Å²) in [6.45, 7) is 3.05. The van der Waals surface area contributed by atoms with E-state index in [0.29, 0.717) is 5.69 Å². The van der Waals surface area contributed by atoms with Crippen molar-refractivity contribution in [1.29, 1.82) is 0 Å². The number of ether oxygens (including phenoxy) is 1. The molecule has 8 heteroatoms. The summed E-state index contributed by atoms with van der Waals surface area (Å²) in [4.78, 5) is 24.9. The van der Waals surface area contributed by atoms with Crippen molar-refractivity contribution in [1.82, 2.24) is 4.72 Å². The Bertz CT molecular complexity index is 642. The highest BCUT2D eigenvalue weighted by molar-refractivity contribution is 7.89. The fourth-order valence-corrected chi connectivity index (χ4v) is 2.46. The molecule has 0 atom stereocenters. The van der Waals surface area contributed by atoms with E-state index in [0.717, 1.165) is 0 Å². The number of sulfonamides is 1. The van der Waals surface area contributed by atoms with Gasteiger partial charge in [-0.25, -0.2) is 17.9 Å². The van der Waals surface area contributed by atoms with Crippen LogP contribution in [-0.2, 0) is 19.6 Å². The largest absolute Gasteiger partial charge is 0.465 e. The summed E-state index contributed by atoms with van der Waals surface area (Å²) in [6.07, 6.45) is 0. The van der Waals surface area contributed by atoms with E-state index in [4.69, 9.17) is 4.74 Å². The number of anilines is 1. The number of rotatable bonds is 7. The van der Waals surface area contributed by atoms with E-state index in [1.165, 1.54) is 25.9 Å². The Morgan fingerprint density at radius 1 is 1.27 bits per heavy atom.